The second kappa shape index (κ2) is 4.23. The molecule has 0 atom stereocenters. The Kier molecular flexibility index (Phi) is 3.40. The van der Waals surface area contributed by atoms with Crippen LogP contribution < -0.4 is 0 Å². The maximum atomic E-state index is 11.8. The van der Waals surface area contributed by atoms with Crippen molar-refractivity contribution >= 4 is 10.1 Å². The van der Waals surface area contributed by atoms with Gasteiger partial charge in [0.15, 0.2) is 0 Å². The van der Waals surface area contributed by atoms with E-state index in [0.717, 1.165) is 0 Å². The van der Waals surface area contributed by atoms with Gasteiger partial charge in [-0.15, -0.1) is 0 Å². The lowest BCUT2D eigenvalue weighted by Crippen LogP contribution is -2.26. The molecule has 0 aromatic heterocycles. The van der Waals surface area contributed by atoms with E-state index in [1.165, 1.54) is 18.4 Å². The summed E-state index contributed by atoms with van der Waals surface area (Å²) in [5.74, 6) is 0. The van der Waals surface area contributed by atoms with Crippen molar-refractivity contribution in [1.29, 1.82) is 0 Å². The summed E-state index contributed by atoms with van der Waals surface area (Å²) in [6, 6.07) is 0. The van der Waals surface area contributed by atoms with Crippen LogP contribution in [0.1, 0.15) is 0 Å². The highest BCUT2D eigenvalue weighted by Gasteiger charge is 2.47. The zero-order chi connectivity index (χ0) is 11.5. The maximum Gasteiger partial charge on any atom is 0.523 e. The highest BCUT2D eigenvalue weighted by Crippen LogP contribution is 2.25. The molecule has 0 fully saturated rings. The summed E-state index contributed by atoms with van der Waals surface area (Å²) in [5.41, 5.74) is -5.07. The van der Waals surface area contributed by atoms with Crippen LogP contribution in [-0.4, -0.2) is 27.1 Å². The monoisotopic (exact) mass is 244 g/mol. The van der Waals surface area contributed by atoms with Crippen molar-refractivity contribution in [3.63, 3.8) is 0 Å². The number of halogens is 3. The number of alkyl halides is 3. The second-order valence-electron chi connectivity index (χ2n) is 2.58. The van der Waals surface area contributed by atoms with Gasteiger partial charge in [0.25, 0.3) is 0 Å². The molecule has 15 heavy (non-hydrogen) atoms. The first kappa shape index (κ1) is 12.1. The minimum absolute atomic E-state index is 0.182. The molecule has 0 unspecified atom stereocenters. The zero-order valence-corrected chi connectivity index (χ0v) is 8.14. The van der Waals surface area contributed by atoms with Crippen molar-refractivity contribution in [2.24, 2.45) is 0 Å². The Morgan fingerprint density at radius 3 is 2.60 bits per heavy atom. The average molecular weight is 244 g/mol. The minimum Gasteiger partial charge on any atom is -0.497 e. The molecule has 1 heterocycles. The Labute approximate surface area is 84.1 Å². The van der Waals surface area contributed by atoms with Gasteiger partial charge < -0.3 is 4.74 Å². The number of rotatable bonds is 3. The van der Waals surface area contributed by atoms with Crippen LogP contribution in [0, 0.1) is 0 Å². The van der Waals surface area contributed by atoms with E-state index in [1.807, 2.05) is 0 Å². The normalized spacial score (nSPS) is 17.1. The molecule has 0 spiro atoms. The van der Waals surface area contributed by atoms with Crippen LogP contribution in [0.15, 0.2) is 24.0 Å². The van der Waals surface area contributed by atoms with E-state index in [0.29, 0.717) is 5.57 Å². The topological polar surface area (TPSA) is 52.6 Å². The molecule has 0 saturated heterocycles. The van der Waals surface area contributed by atoms with E-state index < -0.39 is 22.2 Å². The van der Waals surface area contributed by atoms with Gasteiger partial charge in [-0.05, 0) is 17.7 Å². The largest absolute Gasteiger partial charge is 0.523 e. The lowest BCUT2D eigenvalue weighted by atomic mass is 10.2. The van der Waals surface area contributed by atoms with Crippen LogP contribution in [0.5, 0.6) is 0 Å². The van der Waals surface area contributed by atoms with E-state index in [-0.39, 0.29) is 6.61 Å². The summed E-state index contributed by atoms with van der Waals surface area (Å²) in [5, 5.41) is 0. The first-order chi connectivity index (χ1) is 6.83. The number of hydrogen-bond donors (Lipinski definition) is 0. The van der Waals surface area contributed by atoms with E-state index >= 15 is 0 Å². The SMILES string of the molecule is O=S(=O)(OCC1=CCOC=C1)C(F)(F)F. The smallest absolute Gasteiger partial charge is 0.497 e. The molecular formula is C7H7F3O4S. The Balaban J connectivity index is 2.58. The van der Waals surface area contributed by atoms with Crippen molar-refractivity contribution < 1.29 is 30.5 Å². The van der Waals surface area contributed by atoms with Crippen molar-refractivity contribution in [2.45, 2.75) is 5.51 Å². The highest BCUT2D eigenvalue weighted by molar-refractivity contribution is 7.87. The average Bonchev–Trinajstić information content (AvgIpc) is 2.15. The van der Waals surface area contributed by atoms with Gasteiger partial charge in [-0.2, -0.15) is 21.6 Å². The summed E-state index contributed by atoms with van der Waals surface area (Å²) < 4.78 is 64.9. The molecule has 0 aromatic rings. The van der Waals surface area contributed by atoms with Gasteiger partial charge in [0.2, 0.25) is 0 Å². The van der Waals surface area contributed by atoms with Gasteiger partial charge >= 0.3 is 15.6 Å². The van der Waals surface area contributed by atoms with Crippen LogP contribution in [0.25, 0.3) is 0 Å². The van der Waals surface area contributed by atoms with Crippen molar-refractivity contribution in [2.75, 3.05) is 13.2 Å². The van der Waals surface area contributed by atoms with Gasteiger partial charge in [0.05, 0.1) is 12.9 Å². The molecule has 0 bridgehead atoms. The molecule has 86 valence electrons. The Morgan fingerprint density at radius 1 is 1.47 bits per heavy atom. The summed E-state index contributed by atoms with van der Waals surface area (Å²) >= 11 is 0. The third-order valence-corrected chi connectivity index (χ3v) is 2.48. The van der Waals surface area contributed by atoms with Gasteiger partial charge in [-0.3, -0.25) is 4.18 Å². The fourth-order valence-corrected chi connectivity index (χ4v) is 1.16. The number of hydrogen-bond acceptors (Lipinski definition) is 4. The van der Waals surface area contributed by atoms with Crippen LogP contribution in [0.4, 0.5) is 13.2 Å². The predicted molar refractivity (Wildman–Crippen MR) is 44.1 cm³/mol. The third-order valence-electron chi connectivity index (χ3n) is 1.48. The van der Waals surface area contributed by atoms with Crippen LogP contribution in [0.2, 0.25) is 0 Å². The number of ether oxygens (including phenoxy) is 1. The van der Waals surface area contributed by atoms with Crippen molar-refractivity contribution in [3.05, 3.63) is 24.0 Å². The summed E-state index contributed by atoms with van der Waals surface area (Å²) in [7, 11) is -5.51. The van der Waals surface area contributed by atoms with Gasteiger partial charge in [0, 0.05) is 0 Å². The second-order valence-corrected chi connectivity index (χ2v) is 4.18. The van der Waals surface area contributed by atoms with E-state index in [4.69, 9.17) is 4.74 Å². The third kappa shape index (κ3) is 3.24. The fraction of sp³-hybridized carbons (Fsp3) is 0.429. The molecule has 1 rings (SSSR count). The first-order valence-electron chi connectivity index (χ1n) is 3.76. The van der Waals surface area contributed by atoms with E-state index in [9.17, 15) is 21.6 Å². The van der Waals surface area contributed by atoms with Crippen molar-refractivity contribution in [1.82, 2.24) is 0 Å². The standard InChI is InChI=1S/C7H7F3O4S/c8-7(9,10)15(11,12)14-5-6-1-3-13-4-2-6/h1-3H,4-5H2. The molecule has 0 saturated carbocycles. The minimum atomic E-state index is -5.51. The maximum absolute atomic E-state index is 11.8. The highest BCUT2D eigenvalue weighted by atomic mass is 32.2. The van der Waals surface area contributed by atoms with Crippen LogP contribution >= 0.6 is 0 Å². The molecule has 4 nitrogen and oxygen atoms in total. The Bertz CT molecular complexity index is 380. The lowest BCUT2D eigenvalue weighted by Gasteiger charge is -2.10. The molecule has 0 aromatic carbocycles. The molecule has 0 N–H and O–H groups in total. The van der Waals surface area contributed by atoms with Crippen LogP contribution in [0.3, 0.4) is 0 Å². The Morgan fingerprint density at radius 2 is 2.13 bits per heavy atom. The molecule has 0 amide bonds. The lowest BCUT2D eigenvalue weighted by molar-refractivity contribution is -0.0536. The van der Waals surface area contributed by atoms with E-state index in [2.05, 4.69) is 4.18 Å². The molecule has 8 heteroatoms. The molecule has 1 aliphatic rings. The molecule has 0 radical (unpaired) electrons. The van der Waals surface area contributed by atoms with Crippen molar-refractivity contribution in [3.8, 4) is 0 Å². The van der Waals surface area contributed by atoms with E-state index in [1.54, 1.807) is 0 Å². The predicted octanol–water partition coefficient (Wildman–Crippen LogP) is 1.32. The van der Waals surface area contributed by atoms with Crippen LogP contribution in [-0.2, 0) is 19.0 Å². The fourth-order valence-electron chi connectivity index (χ4n) is 0.734. The summed E-state index contributed by atoms with van der Waals surface area (Å²) in [6.07, 6.45) is 4.00. The molecule has 0 aliphatic carbocycles. The molecule has 1 aliphatic heterocycles. The first-order valence-corrected chi connectivity index (χ1v) is 5.16. The Hall–Kier alpha value is -1.02. The van der Waals surface area contributed by atoms with Gasteiger partial charge in [-0.1, -0.05) is 0 Å². The quantitative estimate of drug-likeness (QED) is 0.555. The zero-order valence-electron chi connectivity index (χ0n) is 7.32. The summed E-state index contributed by atoms with van der Waals surface area (Å²) in [6.45, 7) is -0.469. The van der Waals surface area contributed by atoms with Gasteiger partial charge in [0.1, 0.15) is 6.61 Å². The van der Waals surface area contributed by atoms with Gasteiger partial charge in [-0.25, -0.2) is 0 Å². The summed E-state index contributed by atoms with van der Waals surface area (Å²) in [4.78, 5) is 0. The molecular weight excluding hydrogens is 237 g/mol.